The summed E-state index contributed by atoms with van der Waals surface area (Å²) < 4.78 is 5.30. The number of nitriles is 1. The fourth-order valence-electron chi connectivity index (χ4n) is 3.19. The molecule has 1 fully saturated rings. The molecule has 1 aromatic carbocycles. The zero-order chi connectivity index (χ0) is 13.1. The number of hydrogen-bond donors (Lipinski definition) is 1. The molecule has 3 nitrogen and oxygen atoms in total. The van der Waals surface area contributed by atoms with Gasteiger partial charge in [-0.25, -0.2) is 0 Å². The second kappa shape index (κ2) is 5.36. The van der Waals surface area contributed by atoms with Crippen molar-refractivity contribution in [2.45, 2.75) is 12.8 Å². The molecule has 1 saturated carbocycles. The Labute approximate surface area is 113 Å². The fraction of sp³-hybridized carbons (Fsp3) is 0.438. The Morgan fingerprint density at radius 2 is 2.26 bits per heavy atom. The van der Waals surface area contributed by atoms with E-state index in [1.807, 2.05) is 30.3 Å². The Hall–Kier alpha value is -1.95. The highest BCUT2D eigenvalue weighted by Crippen LogP contribution is 2.43. The van der Waals surface area contributed by atoms with Crippen molar-refractivity contribution in [3.05, 3.63) is 36.4 Å². The van der Waals surface area contributed by atoms with Crippen molar-refractivity contribution in [3.63, 3.8) is 0 Å². The Kier molecular flexibility index (Phi) is 3.41. The van der Waals surface area contributed by atoms with Gasteiger partial charge in [-0.1, -0.05) is 18.2 Å². The van der Waals surface area contributed by atoms with Crippen LogP contribution in [-0.2, 0) is 0 Å². The number of anilines is 1. The lowest BCUT2D eigenvalue weighted by molar-refractivity contribution is 0.368. The van der Waals surface area contributed by atoms with Gasteiger partial charge in [0.1, 0.15) is 11.8 Å². The summed E-state index contributed by atoms with van der Waals surface area (Å²) in [6.07, 6.45) is 7.42. The van der Waals surface area contributed by atoms with Gasteiger partial charge in [0.2, 0.25) is 0 Å². The van der Waals surface area contributed by atoms with E-state index in [2.05, 4.69) is 17.5 Å². The van der Waals surface area contributed by atoms with Gasteiger partial charge in [0.15, 0.2) is 6.61 Å². The Morgan fingerprint density at radius 1 is 1.32 bits per heavy atom. The minimum Gasteiger partial charge on any atom is -0.479 e. The number of benzene rings is 1. The van der Waals surface area contributed by atoms with E-state index in [1.54, 1.807) is 0 Å². The van der Waals surface area contributed by atoms with Crippen LogP contribution in [0.2, 0.25) is 0 Å². The van der Waals surface area contributed by atoms with E-state index in [0.717, 1.165) is 35.7 Å². The van der Waals surface area contributed by atoms with Gasteiger partial charge in [0.25, 0.3) is 0 Å². The van der Waals surface area contributed by atoms with Crippen molar-refractivity contribution in [3.8, 4) is 11.8 Å². The Balaban J connectivity index is 1.55. The maximum atomic E-state index is 8.51. The van der Waals surface area contributed by atoms with Crippen LogP contribution in [0.15, 0.2) is 36.4 Å². The molecule has 1 aromatic rings. The number of rotatable bonds is 5. The number of fused-ring (bicyclic) bond motifs is 2. The predicted octanol–water partition coefficient (Wildman–Crippen LogP) is 3.21. The van der Waals surface area contributed by atoms with Gasteiger partial charge in [0, 0.05) is 18.3 Å². The molecule has 2 aliphatic carbocycles. The Bertz CT molecular complexity index is 518. The number of nitrogens with one attached hydrogen (secondary N) is 1. The van der Waals surface area contributed by atoms with Gasteiger partial charge in [-0.15, -0.1) is 0 Å². The van der Waals surface area contributed by atoms with E-state index >= 15 is 0 Å². The monoisotopic (exact) mass is 254 g/mol. The molecule has 0 aliphatic heterocycles. The average Bonchev–Trinajstić information content (AvgIpc) is 3.06. The SMILES string of the molecule is N#CCOc1cccc(NCC2CC3C=CC2C3)c1. The zero-order valence-corrected chi connectivity index (χ0v) is 10.9. The molecular weight excluding hydrogens is 236 g/mol. The second-order valence-electron chi connectivity index (χ2n) is 5.40. The lowest BCUT2D eigenvalue weighted by Gasteiger charge is -2.19. The van der Waals surface area contributed by atoms with Crippen LogP contribution in [0, 0.1) is 29.1 Å². The van der Waals surface area contributed by atoms with Gasteiger partial charge in [0.05, 0.1) is 0 Å². The van der Waals surface area contributed by atoms with Crippen LogP contribution < -0.4 is 10.1 Å². The smallest absolute Gasteiger partial charge is 0.174 e. The quantitative estimate of drug-likeness (QED) is 0.821. The van der Waals surface area contributed by atoms with Crippen molar-refractivity contribution in [2.24, 2.45) is 17.8 Å². The average molecular weight is 254 g/mol. The van der Waals surface area contributed by atoms with Crippen LogP contribution in [0.25, 0.3) is 0 Å². The molecule has 0 radical (unpaired) electrons. The topological polar surface area (TPSA) is 45.0 Å². The highest BCUT2D eigenvalue weighted by Gasteiger charge is 2.35. The summed E-state index contributed by atoms with van der Waals surface area (Å²) in [6, 6.07) is 9.81. The molecule has 1 N–H and O–H groups in total. The van der Waals surface area contributed by atoms with Crippen LogP contribution in [0.5, 0.6) is 5.75 Å². The summed E-state index contributed by atoms with van der Waals surface area (Å²) in [5.74, 6) is 3.11. The summed E-state index contributed by atoms with van der Waals surface area (Å²) in [6.45, 7) is 1.12. The van der Waals surface area contributed by atoms with Gasteiger partial charge in [-0.05, 0) is 42.7 Å². The van der Waals surface area contributed by atoms with E-state index in [-0.39, 0.29) is 6.61 Å². The summed E-state index contributed by atoms with van der Waals surface area (Å²) in [5.41, 5.74) is 1.07. The second-order valence-corrected chi connectivity index (χ2v) is 5.40. The van der Waals surface area contributed by atoms with Crippen molar-refractivity contribution >= 4 is 5.69 Å². The minimum absolute atomic E-state index is 0.0978. The maximum absolute atomic E-state index is 8.51. The van der Waals surface area contributed by atoms with Crippen molar-refractivity contribution in [1.29, 1.82) is 5.26 Å². The molecule has 2 bridgehead atoms. The molecular formula is C16H18N2O. The molecule has 3 atom stereocenters. The van der Waals surface area contributed by atoms with Crippen molar-refractivity contribution in [1.82, 2.24) is 0 Å². The molecule has 3 heteroatoms. The molecule has 3 unspecified atom stereocenters. The summed E-state index contributed by atoms with van der Waals surface area (Å²) in [5, 5.41) is 12.0. The third-order valence-corrected chi connectivity index (χ3v) is 4.12. The molecule has 0 aromatic heterocycles. The number of hydrogen-bond acceptors (Lipinski definition) is 3. The van der Waals surface area contributed by atoms with Crippen LogP contribution in [-0.4, -0.2) is 13.2 Å². The molecule has 0 spiro atoms. The molecule has 19 heavy (non-hydrogen) atoms. The third kappa shape index (κ3) is 2.73. The maximum Gasteiger partial charge on any atom is 0.174 e. The zero-order valence-electron chi connectivity index (χ0n) is 10.9. The minimum atomic E-state index is 0.0978. The third-order valence-electron chi connectivity index (χ3n) is 4.12. The standard InChI is InChI=1S/C16H18N2O/c17-6-7-19-16-3-1-2-15(10-16)18-11-14-9-12-4-5-13(14)8-12/h1-5,10,12-14,18H,7-9,11H2. The fourth-order valence-corrected chi connectivity index (χ4v) is 3.19. The molecule has 0 saturated heterocycles. The summed E-state index contributed by atoms with van der Waals surface area (Å²) >= 11 is 0. The molecule has 2 aliphatic rings. The number of nitrogens with zero attached hydrogens (tertiary/aromatic N) is 1. The van der Waals surface area contributed by atoms with Gasteiger partial charge < -0.3 is 10.1 Å². The molecule has 98 valence electrons. The first-order valence-electron chi connectivity index (χ1n) is 6.87. The van der Waals surface area contributed by atoms with E-state index in [4.69, 9.17) is 10.00 Å². The van der Waals surface area contributed by atoms with Crippen LogP contribution in [0.3, 0.4) is 0 Å². The highest BCUT2D eigenvalue weighted by molar-refractivity contribution is 5.48. The molecule has 3 rings (SSSR count). The van der Waals surface area contributed by atoms with Crippen LogP contribution in [0.4, 0.5) is 5.69 Å². The number of ether oxygens (including phenoxy) is 1. The van der Waals surface area contributed by atoms with E-state index in [9.17, 15) is 0 Å². The summed E-state index contributed by atoms with van der Waals surface area (Å²) in [4.78, 5) is 0. The first kappa shape index (κ1) is 12.1. The summed E-state index contributed by atoms with van der Waals surface area (Å²) in [7, 11) is 0. The largest absolute Gasteiger partial charge is 0.479 e. The number of allylic oxidation sites excluding steroid dienone is 2. The van der Waals surface area contributed by atoms with Gasteiger partial charge in [-0.2, -0.15) is 5.26 Å². The first-order valence-corrected chi connectivity index (χ1v) is 6.87. The van der Waals surface area contributed by atoms with E-state index < -0.39 is 0 Å². The van der Waals surface area contributed by atoms with E-state index in [1.165, 1.54) is 12.8 Å². The molecule has 0 heterocycles. The Morgan fingerprint density at radius 3 is 3.00 bits per heavy atom. The van der Waals surface area contributed by atoms with Crippen molar-refractivity contribution < 1.29 is 4.74 Å². The predicted molar refractivity (Wildman–Crippen MR) is 74.9 cm³/mol. The van der Waals surface area contributed by atoms with Crippen molar-refractivity contribution in [2.75, 3.05) is 18.5 Å². The van der Waals surface area contributed by atoms with Crippen LogP contribution in [0.1, 0.15) is 12.8 Å². The van der Waals surface area contributed by atoms with Gasteiger partial charge in [-0.3, -0.25) is 0 Å². The van der Waals surface area contributed by atoms with Crippen LogP contribution >= 0.6 is 0 Å². The first-order chi connectivity index (χ1) is 9.35. The highest BCUT2D eigenvalue weighted by atomic mass is 16.5. The van der Waals surface area contributed by atoms with E-state index in [0.29, 0.717) is 0 Å². The van der Waals surface area contributed by atoms with Gasteiger partial charge >= 0.3 is 0 Å². The normalized spacial score (nSPS) is 27.2. The lowest BCUT2D eigenvalue weighted by atomic mass is 9.93. The lowest BCUT2D eigenvalue weighted by Crippen LogP contribution is -2.18. The molecule has 0 amide bonds.